The zero-order chi connectivity index (χ0) is 13.8. The Labute approximate surface area is 122 Å². The molecular formula is C16H25ClN2. The van der Waals surface area contributed by atoms with Gasteiger partial charge in [0, 0.05) is 30.3 Å². The Balaban J connectivity index is 2.07. The van der Waals surface area contributed by atoms with Crippen LogP contribution in [-0.4, -0.2) is 19.6 Å². The van der Waals surface area contributed by atoms with Gasteiger partial charge < -0.3 is 10.2 Å². The Bertz CT molecular complexity index is 419. The molecule has 106 valence electrons. The monoisotopic (exact) mass is 280 g/mol. The van der Waals surface area contributed by atoms with E-state index in [1.807, 2.05) is 0 Å². The van der Waals surface area contributed by atoms with Crippen LogP contribution in [0, 0.1) is 11.8 Å². The highest BCUT2D eigenvalue weighted by atomic mass is 35.5. The summed E-state index contributed by atoms with van der Waals surface area (Å²) >= 11 is 6.38. The number of halogens is 1. The molecule has 1 heterocycles. The lowest BCUT2D eigenvalue weighted by atomic mass is 9.88. The molecule has 1 aromatic carbocycles. The average Bonchev–Trinajstić information content (AvgIpc) is 2.40. The van der Waals surface area contributed by atoms with Gasteiger partial charge in [0.2, 0.25) is 0 Å². The van der Waals surface area contributed by atoms with Crippen molar-refractivity contribution in [2.45, 2.75) is 33.7 Å². The maximum Gasteiger partial charge on any atom is 0.0471 e. The Hall–Kier alpha value is -0.730. The predicted molar refractivity (Wildman–Crippen MR) is 84.0 cm³/mol. The highest BCUT2D eigenvalue weighted by Gasteiger charge is 2.23. The Morgan fingerprint density at radius 3 is 2.74 bits per heavy atom. The molecule has 0 radical (unpaired) electrons. The maximum absolute atomic E-state index is 6.38. The number of hydrogen-bond donors (Lipinski definition) is 1. The fraction of sp³-hybridized carbons (Fsp3) is 0.625. The number of benzene rings is 1. The standard InChI is InChI=1S/C16H25ClN2/c1-4-18-10-14-5-6-15(9-16(14)17)19-8-7-12(2)13(3)11-19/h5-6,9,12-13,18H,4,7-8,10-11H2,1-3H3. The first kappa shape index (κ1) is 14.7. The van der Waals surface area contributed by atoms with Crippen molar-refractivity contribution in [3.05, 3.63) is 28.8 Å². The van der Waals surface area contributed by atoms with Crippen LogP contribution in [0.4, 0.5) is 5.69 Å². The van der Waals surface area contributed by atoms with Crippen LogP contribution in [0.1, 0.15) is 32.8 Å². The normalized spacial score (nSPS) is 23.7. The zero-order valence-electron chi connectivity index (χ0n) is 12.2. The van der Waals surface area contributed by atoms with E-state index in [2.05, 4.69) is 49.2 Å². The van der Waals surface area contributed by atoms with Gasteiger partial charge in [-0.1, -0.05) is 38.4 Å². The van der Waals surface area contributed by atoms with E-state index >= 15 is 0 Å². The first-order chi connectivity index (χ1) is 9.11. The lowest BCUT2D eigenvalue weighted by Crippen LogP contribution is -2.38. The van der Waals surface area contributed by atoms with Crippen molar-refractivity contribution in [3.8, 4) is 0 Å². The van der Waals surface area contributed by atoms with Gasteiger partial charge in [0.15, 0.2) is 0 Å². The summed E-state index contributed by atoms with van der Waals surface area (Å²) in [6.45, 7) is 10.9. The van der Waals surface area contributed by atoms with Crippen molar-refractivity contribution in [2.24, 2.45) is 11.8 Å². The van der Waals surface area contributed by atoms with Crippen molar-refractivity contribution in [3.63, 3.8) is 0 Å². The van der Waals surface area contributed by atoms with Crippen LogP contribution in [0.25, 0.3) is 0 Å². The molecule has 2 nitrogen and oxygen atoms in total. The number of nitrogens with zero attached hydrogens (tertiary/aromatic N) is 1. The molecule has 0 aliphatic carbocycles. The zero-order valence-corrected chi connectivity index (χ0v) is 13.0. The molecule has 0 amide bonds. The molecule has 3 heteroatoms. The SMILES string of the molecule is CCNCc1ccc(N2CCC(C)C(C)C2)cc1Cl. The van der Waals surface area contributed by atoms with Crippen LogP contribution < -0.4 is 10.2 Å². The second kappa shape index (κ2) is 6.62. The summed E-state index contributed by atoms with van der Waals surface area (Å²) < 4.78 is 0. The molecule has 1 aliphatic heterocycles. The smallest absolute Gasteiger partial charge is 0.0471 e. The molecule has 1 N–H and O–H groups in total. The van der Waals surface area contributed by atoms with Gasteiger partial charge in [-0.15, -0.1) is 0 Å². The van der Waals surface area contributed by atoms with E-state index in [0.29, 0.717) is 0 Å². The second-order valence-corrected chi connectivity index (χ2v) is 6.15. The number of rotatable bonds is 4. The lowest BCUT2D eigenvalue weighted by Gasteiger charge is -2.37. The Morgan fingerprint density at radius 1 is 1.32 bits per heavy atom. The van der Waals surface area contributed by atoms with Crippen LogP contribution in [0.5, 0.6) is 0 Å². The summed E-state index contributed by atoms with van der Waals surface area (Å²) in [5.74, 6) is 1.59. The van der Waals surface area contributed by atoms with E-state index in [1.54, 1.807) is 0 Å². The fourth-order valence-corrected chi connectivity index (χ4v) is 2.87. The minimum absolute atomic E-state index is 0.758. The lowest BCUT2D eigenvalue weighted by molar-refractivity contribution is 0.324. The number of hydrogen-bond acceptors (Lipinski definition) is 2. The first-order valence-electron chi connectivity index (χ1n) is 7.36. The summed E-state index contributed by atoms with van der Waals surface area (Å²) in [6, 6.07) is 6.49. The van der Waals surface area contributed by atoms with Gasteiger partial charge in [0.25, 0.3) is 0 Å². The molecule has 1 saturated heterocycles. The topological polar surface area (TPSA) is 15.3 Å². The third kappa shape index (κ3) is 3.64. The van der Waals surface area contributed by atoms with Gasteiger partial charge in [-0.05, 0) is 42.5 Å². The Morgan fingerprint density at radius 2 is 2.11 bits per heavy atom. The van der Waals surface area contributed by atoms with Gasteiger partial charge >= 0.3 is 0 Å². The molecular weight excluding hydrogens is 256 g/mol. The Kier molecular flexibility index (Phi) is 5.12. The average molecular weight is 281 g/mol. The molecule has 1 aliphatic rings. The maximum atomic E-state index is 6.38. The molecule has 0 spiro atoms. The number of nitrogens with one attached hydrogen (secondary N) is 1. The summed E-state index contributed by atoms with van der Waals surface area (Å²) in [5.41, 5.74) is 2.45. The number of anilines is 1. The van der Waals surface area contributed by atoms with Crippen molar-refractivity contribution in [2.75, 3.05) is 24.5 Å². The summed E-state index contributed by atoms with van der Waals surface area (Å²) in [7, 11) is 0. The summed E-state index contributed by atoms with van der Waals surface area (Å²) in [4.78, 5) is 2.47. The van der Waals surface area contributed by atoms with E-state index in [-0.39, 0.29) is 0 Å². The van der Waals surface area contributed by atoms with E-state index in [9.17, 15) is 0 Å². The van der Waals surface area contributed by atoms with Crippen LogP contribution >= 0.6 is 11.6 Å². The molecule has 0 aromatic heterocycles. The van der Waals surface area contributed by atoms with Gasteiger partial charge in [-0.3, -0.25) is 0 Å². The summed E-state index contributed by atoms with van der Waals surface area (Å²) in [5, 5.41) is 4.20. The van der Waals surface area contributed by atoms with E-state index < -0.39 is 0 Å². The molecule has 1 fully saturated rings. The first-order valence-corrected chi connectivity index (χ1v) is 7.73. The highest BCUT2D eigenvalue weighted by Crippen LogP contribution is 2.29. The molecule has 2 unspecified atom stereocenters. The molecule has 1 aromatic rings. The van der Waals surface area contributed by atoms with Crippen molar-refractivity contribution >= 4 is 17.3 Å². The molecule has 19 heavy (non-hydrogen) atoms. The molecule has 2 rings (SSSR count). The predicted octanol–water partition coefficient (Wildman–Crippen LogP) is 3.93. The van der Waals surface area contributed by atoms with Crippen LogP contribution in [0.15, 0.2) is 18.2 Å². The van der Waals surface area contributed by atoms with Crippen molar-refractivity contribution < 1.29 is 0 Å². The van der Waals surface area contributed by atoms with Gasteiger partial charge in [-0.25, -0.2) is 0 Å². The molecule has 0 bridgehead atoms. The number of piperidine rings is 1. The van der Waals surface area contributed by atoms with E-state index in [4.69, 9.17) is 11.6 Å². The van der Waals surface area contributed by atoms with Gasteiger partial charge in [-0.2, -0.15) is 0 Å². The van der Waals surface area contributed by atoms with Gasteiger partial charge in [0.05, 0.1) is 0 Å². The molecule has 2 atom stereocenters. The van der Waals surface area contributed by atoms with Crippen LogP contribution in [-0.2, 0) is 6.54 Å². The second-order valence-electron chi connectivity index (χ2n) is 5.75. The quantitative estimate of drug-likeness (QED) is 0.899. The molecule has 0 saturated carbocycles. The highest BCUT2D eigenvalue weighted by molar-refractivity contribution is 6.31. The van der Waals surface area contributed by atoms with Gasteiger partial charge in [0.1, 0.15) is 0 Å². The third-order valence-corrected chi connectivity index (χ3v) is 4.65. The largest absolute Gasteiger partial charge is 0.371 e. The third-order valence-electron chi connectivity index (χ3n) is 4.30. The van der Waals surface area contributed by atoms with Crippen molar-refractivity contribution in [1.29, 1.82) is 0 Å². The summed E-state index contributed by atoms with van der Waals surface area (Å²) in [6.07, 6.45) is 1.28. The van der Waals surface area contributed by atoms with E-state index in [0.717, 1.165) is 43.0 Å². The minimum atomic E-state index is 0.758. The minimum Gasteiger partial charge on any atom is -0.371 e. The van der Waals surface area contributed by atoms with Crippen LogP contribution in [0.3, 0.4) is 0 Å². The van der Waals surface area contributed by atoms with E-state index in [1.165, 1.54) is 17.7 Å². The van der Waals surface area contributed by atoms with Crippen molar-refractivity contribution in [1.82, 2.24) is 5.32 Å². The van der Waals surface area contributed by atoms with Crippen LogP contribution in [0.2, 0.25) is 5.02 Å². The fourth-order valence-electron chi connectivity index (χ4n) is 2.63.